The van der Waals surface area contributed by atoms with Gasteiger partial charge in [-0.3, -0.25) is 0 Å². The van der Waals surface area contributed by atoms with Crippen LogP contribution >= 0.6 is 11.3 Å². The molecular weight excluding hydrogens is 656 g/mol. The number of fused-ring (bicyclic) bond motifs is 4. The maximum absolute atomic E-state index is 13.6. The molecule has 0 bridgehead atoms. The first-order valence-electron chi connectivity index (χ1n) is 15.1. The first-order valence-corrected chi connectivity index (χ1v) is 16.0. The highest BCUT2D eigenvalue weighted by Gasteiger charge is 2.72. The lowest BCUT2D eigenvalue weighted by molar-refractivity contribution is -0.370. The molecule has 8 rings (SSSR count). The van der Waals surface area contributed by atoms with E-state index in [-0.39, 0.29) is 53.1 Å². The van der Waals surface area contributed by atoms with E-state index in [1.54, 1.807) is 0 Å². The number of hydrogen-bond acceptors (Lipinski definition) is 16. The summed E-state index contributed by atoms with van der Waals surface area (Å²) in [4.78, 5) is 14.4. The topological polar surface area (TPSA) is 201 Å². The van der Waals surface area contributed by atoms with Gasteiger partial charge in [-0.1, -0.05) is 6.07 Å². The van der Waals surface area contributed by atoms with Crippen LogP contribution in [-0.4, -0.2) is 102 Å². The van der Waals surface area contributed by atoms with E-state index in [4.69, 9.17) is 42.6 Å². The quantitative estimate of drug-likeness (QED) is 0.229. The van der Waals surface area contributed by atoms with E-state index in [1.165, 1.54) is 49.8 Å². The number of benzene rings is 2. The lowest BCUT2D eigenvalue weighted by Crippen LogP contribution is -2.65. The van der Waals surface area contributed by atoms with Crippen LogP contribution in [0.15, 0.2) is 41.8 Å². The summed E-state index contributed by atoms with van der Waals surface area (Å²) >= 11 is 1.42. The number of phenols is 1. The molecule has 3 fully saturated rings. The normalized spacial score (nSPS) is 36.5. The van der Waals surface area contributed by atoms with Gasteiger partial charge >= 0.3 is 5.97 Å². The Morgan fingerprint density at radius 3 is 2.35 bits per heavy atom. The molecule has 5 heterocycles. The van der Waals surface area contributed by atoms with Gasteiger partial charge in [0.05, 0.1) is 37.7 Å². The summed E-state index contributed by atoms with van der Waals surface area (Å²) in [7, 11) is 2.58. The zero-order chi connectivity index (χ0) is 33.5. The number of phenolic OH excluding ortho intramolecular Hbond substituents is 1. The first-order chi connectivity index (χ1) is 23.1. The minimum absolute atomic E-state index is 0.00997. The van der Waals surface area contributed by atoms with Crippen LogP contribution in [0.5, 0.6) is 28.7 Å². The Labute approximate surface area is 276 Å². The van der Waals surface area contributed by atoms with Gasteiger partial charge in [0.25, 0.3) is 0 Å². The number of ether oxygens (including phenoxy) is 9. The van der Waals surface area contributed by atoms with Crippen LogP contribution in [0.1, 0.15) is 34.0 Å². The van der Waals surface area contributed by atoms with E-state index in [0.29, 0.717) is 5.75 Å². The lowest BCUT2D eigenvalue weighted by atomic mass is 9.60. The van der Waals surface area contributed by atoms with Gasteiger partial charge in [-0.25, -0.2) is 4.79 Å². The zero-order valence-corrected chi connectivity index (χ0v) is 26.3. The lowest BCUT2D eigenvalue weighted by Gasteiger charge is -2.51. The fourth-order valence-electron chi connectivity index (χ4n) is 7.25. The molecule has 2 aromatic carbocycles. The smallest absolute Gasteiger partial charge is 0.342 e. The molecule has 10 unspecified atom stereocenters. The van der Waals surface area contributed by atoms with E-state index >= 15 is 0 Å². The molecule has 16 heteroatoms. The van der Waals surface area contributed by atoms with Gasteiger partial charge < -0.3 is 68.2 Å². The monoisotopic (exact) mass is 688 g/mol. The molecule has 4 aliphatic heterocycles. The average molecular weight is 689 g/mol. The molecule has 5 aliphatic rings. The number of methoxy groups -OCH3 is 2. The Balaban J connectivity index is 1.21. The molecule has 1 aliphatic carbocycles. The average Bonchev–Trinajstić information content (AvgIpc) is 3.86. The predicted octanol–water partition coefficient (Wildman–Crippen LogP) is 0.972. The Morgan fingerprint density at radius 2 is 1.67 bits per heavy atom. The van der Waals surface area contributed by atoms with Crippen molar-refractivity contribution in [3.05, 3.63) is 63.3 Å². The van der Waals surface area contributed by atoms with Gasteiger partial charge in [-0.2, -0.15) is 0 Å². The molecule has 15 nitrogen and oxygen atoms in total. The first kappa shape index (κ1) is 31.6. The predicted molar refractivity (Wildman–Crippen MR) is 159 cm³/mol. The standard InChI is InChI=1S/C32H32O15S/c1-39-19-6-13(7-20(40-2)23(19)33)31(37)15-9-18-17(43-12-44-18)8-14(15)26(16-10-42-30(36)32(16,31)38)46-29-25(35)24(34)27-21(45-29)11-41-28(47-27)22-4-3-5-48-22/h3-9,16,21,24-29,33-35,37-38H,10-12H2,1-2H3. The van der Waals surface area contributed by atoms with E-state index in [2.05, 4.69) is 0 Å². The van der Waals surface area contributed by atoms with Crippen LogP contribution in [0.4, 0.5) is 0 Å². The van der Waals surface area contributed by atoms with Crippen LogP contribution < -0.4 is 18.9 Å². The summed E-state index contributed by atoms with van der Waals surface area (Å²) in [5.41, 5.74) is -5.15. The van der Waals surface area contributed by atoms with Crippen molar-refractivity contribution in [1.29, 1.82) is 0 Å². The summed E-state index contributed by atoms with van der Waals surface area (Å²) in [6.45, 7) is -0.532. The Hall–Kier alpha value is -3.71. The van der Waals surface area contributed by atoms with Crippen molar-refractivity contribution < 1.29 is 73.0 Å². The molecule has 0 radical (unpaired) electrons. The molecular formula is C32H32O15S. The second-order valence-electron chi connectivity index (χ2n) is 12.1. The van der Waals surface area contributed by atoms with Crippen LogP contribution in [-0.2, 0) is 34.1 Å². The molecule has 5 N–H and O–H groups in total. The number of thiophene rings is 1. The Kier molecular flexibility index (Phi) is 7.52. The van der Waals surface area contributed by atoms with Crippen molar-refractivity contribution in [2.75, 3.05) is 34.2 Å². The van der Waals surface area contributed by atoms with Gasteiger partial charge in [0, 0.05) is 5.56 Å². The van der Waals surface area contributed by atoms with Crippen LogP contribution in [0.3, 0.4) is 0 Å². The number of aliphatic hydroxyl groups is 4. The van der Waals surface area contributed by atoms with Crippen molar-refractivity contribution in [2.24, 2.45) is 5.92 Å². The van der Waals surface area contributed by atoms with Gasteiger partial charge in [0.1, 0.15) is 31.0 Å². The molecule has 0 spiro atoms. The maximum atomic E-state index is 13.6. The van der Waals surface area contributed by atoms with Crippen molar-refractivity contribution in [2.45, 2.75) is 54.3 Å². The number of hydrogen-bond donors (Lipinski definition) is 5. The van der Waals surface area contributed by atoms with Crippen molar-refractivity contribution in [3.8, 4) is 28.7 Å². The molecule has 256 valence electrons. The number of carbonyl (C=O) groups excluding carboxylic acids is 1. The van der Waals surface area contributed by atoms with Crippen molar-refractivity contribution in [1.82, 2.24) is 0 Å². The van der Waals surface area contributed by atoms with Gasteiger partial charge in [0.2, 0.25) is 18.1 Å². The third kappa shape index (κ3) is 4.38. The number of rotatable bonds is 6. The number of aliphatic hydroxyl groups excluding tert-OH is 2. The SMILES string of the molecule is COc1cc(C2(O)c3cc4c(cc3C(OC3OC5COC(c6cccs6)OC5C(O)C3O)C3COC(=O)C32O)OCO4)cc(OC)c1O. The summed E-state index contributed by atoms with van der Waals surface area (Å²) in [5.74, 6) is -2.54. The molecule has 0 saturated carbocycles. The fourth-order valence-corrected chi connectivity index (χ4v) is 7.95. The number of aromatic hydroxyl groups is 1. The van der Waals surface area contributed by atoms with Crippen LogP contribution in [0.25, 0.3) is 0 Å². The second-order valence-corrected chi connectivity index (χ2v) is 13.0. The minimum Gasteiger partial charge on any atom is -0.502 e. The minimum atomic E-state index is -2.71. The van der Waals surface area contributed by atoms with Crippen molar-refractivity contribution in [3.63, 3.8) is 0 Å². The highest BCUT2D eigenvalue weighted by Crippen LogP contribution is 2.60. The molecule has 3 saturated heterocycles. The van der Waals surface area contributed by atoms with Crippen LogP contribution in [0.2, 0.25) is 0 Å². The van der Waals surface area contributed by atoms with Gasteiger partial charge in [-0.05, 0) is 46.8 Å². The number of cyclic esters (lactones) is 1. The van der Waals surface area contributed by atoms with Crippen molar-refractivity contribution >= 4 is 17.3 Å². The van der Waals surface area contributed by atoms with Crippen LogP contribution in [0, 0.1) is 5.92 Å². The van der Waals surface area contributed by atoms with Gasteiger partial charge in [-0.15, -0.1) is 11.3 Å². The highest BCUT2D eigenvalue weighted by atomic mass is 32.1. The molecule has 1 aromatic heterocycles. The maximum Gasteiger partial charge on any atom is 0.342 e. The number of esters is 1. The van der Waals surface area contributed by atoms with E-state index in [9.17, 15) is 30.3 Å². The summed E-state index contributed by atoms with van der Waals surface area (Å²) < 4.78 is 51.6. The third-order valence-electron chi connectivity index (χ3n) is 9.69. The molecule has 3 aromatic rings. The Morgan fingerprint density at radius 1 is 0.938 bits per heavy atom. The van der Waals surface area contributed by atoms with Gasteiger partial charge in [0.15, 0.2) is 41.2 Å². The summed E-state index contributed by atoms with van der Waals surface area (Å²) in [6, 6.07) is 9.16. The second kappa shape index (κ2) is 11.4. The molecule has 10 atom stereocenters. The zero-order valence-electron chi connectivity index (χ0n) is 25.5. The summed E-state index contributed by atoms with van der Waals surface area (Å²) in [5, 5.41) is 60.2. The summed E-state index contributed by atoms with van der Waals surface area (Å²) in [6.07, 6.45) is -8.44. The molecule has 0 amide bonds. The van der Waals surface area contributed by atoms with E-state index < -0.39 is 72.8 Å². The third-order valence-corrected chi connectivity index (χ3v) is 10.6. The largest absolute Gasteiger partial charge is 0.502 e. The molecule has 48 heavy (non-hydrogen) atoms. The van der Waals surface area contributed by atoms with E-state index in [0.717, 1.165) is 4.88 Å². The number of carbonyl (C=O) groups is 1. The fraction of sp³-hybridized carbons (Fsp3) is 0.469. The Bertz CT molecular complexity index is 1710. The highest BCUT2D eigenvalue weighted by molar-refractivity contribution is 7.10. The van der Waals surface area contributed by atoms with E-state index in [1.807, 2.05) is 17.5 Å².